The van der Waals surface area contributed by atoms with Gasteiger partial charge in [0.1, 0.15) is 6.04 Å². The van der Waals surface area contributed by atoms with Gasteiger partial charge >= 0.3 is 0 Å². The summed E-state index contributed by atoms with van der Waals surface area (Å²) < 4.78 is 26.9. The minimum absolute atomic E-state index is 0.0680. The Morgan fingerprint density at radius 3 is 2.17 bits per heavy atom. The maximum absolute atomic E-state index is 14.0. The van der Waals surface area contributed by atoms with Crippen molar-refractivity contribution >= 4 is 39.1 Å². The molecule has 1 atom stereocenters. The maximum Gasteiger partial charge on any atom is 0.243 e. The first-order valence-electron chi connectivity index (χ1n) is 14.1. The summed E-state index contributed by atoms with van der Waals surface area (Å²) in [5, 5.41) is 3.63. The number of carbonyl (C=O) groups excluding carboxylic acids is 2. The molecule has 0 saturated carbocycles. The van der Waals surface area contributed by atoms with Gasteiger partial charge in [0.05, 0.1) is 11.9 Å². The number of anilines is 1. The average Bonchev–Trinajstić information content (AvgIpc) is 2.90. The molecular formula is C33H42ClN3O4S. The first-order chi connectivity index (χ1) is 19.6. The molecule has 3 rings (SSSR count). The van der Waals surface area contributed by atoms with E-state index in [0.717, 1.165) is 22.3 Å². The summed E-state index contributed by atoms with van der Waals surface area (Å²) in [6, 6.07) is 21.7. The Balaban J connectivity index is 1.92. The molecule has 3 aromatic rings. The Kier molecular flexibility index (Phi) is 11.2. The van der Waals surface area contributed by atoms with Crippen LogP contribution in [0.1, 0.15) is 55.9 Å². The molecule has 226 valence electrons. The van der Waals surface area contributed by atoms with Crippen LogP contribution in [0.4, 0.5) is 5.69 Å². The van der Waals surface area contributed by atoms with Crippen LogP contribution in [0.5, 0.6) is 0 Å². The van der Waals surface area contributed by atoms with E-state index in [0.29, 0.717) is 17.1 Å². The molecule has 0 fully saturated rings. The summed E-state index contributed by atoms with van der Waals surface area (Å²) in [6.45, 7) is 9.85. The highest BCUT2D eigenvalue weighted by molar-refractivity contribution is 7.92. The van der Waals surface area contributed by atoms with Gasteiger partial charge in [-0.3, -0.25) is 13.9 Å². The molecule has 0 aromatic heterocycles. The Hall–Kier alpha value is -3.36. The summed E-state index contributed by atoms with van der Waals surface area (Å²) in [5.74, 6) is -0.480. The minimum atomic E-state index is -3.59. The Morgan fingerprint density at radius 2 is 1.57 bits per heavy atom. The van der Waals surface area contributed by atoms with E-state index in [9.17, 15) is 18.0 Å². The predicted molar refractivity (Wildman–Crippen MR) is 171 cm³/mol. The van der Waals surface area contributed by atoms with Crippen molar-refractivity contribution in [2.75, 3.05) is 17.1 Å². The molecule has 42 heavy (non-hydrogen) atoms. The lowest BCUT2D eigenvalue weighted by atomic mass is 10.00. The molecule has 0 aliphatic heterocycles. The molecule has 1 N–H and O–H groups in total. The molecule has 0 aliphatic rings. The van der Waals surface area contributed by atoms with E-state index < -0.39 is 21.6 Å². The zero-order valence-electron chi connectivity index (χ0n) is 25.4. The normalized spacial score (nSPS) is 12.5. The van der Waals surface area contributed by atoms with Crippen LogP contribution in [0.25, 0.3) is 0 Å². The fraction of sp³-hybridized carbons (Fsp3) is 0.394. The third-order valence-electron chi connectivity index (χ3n) is 6.82. The topological polar surface area (TPSA) is 86.8 Å². The molecular weight excluding hydrogens is 570 g/mol. The molecule has 9 heteroatoms. The fourth-order valence-corrected chi connectivity index (χ4v) is 5.90. The Labute approximate surface area is 255 Å². The van der Waals surface area contributed by atoms with Gasteiger partial charge < -0.3 is 10.2 Å². The van der Waals surface area contributed by atoms with Crippen LogP contribution < -0.4 is 9.62 Å². The van der Waals surface area contributed by atoms with E-state index in [2.05, 4.69) is 5.32 Å². The molecule has 0 unspecified atom stereocenters. The highest BCUT2D eigenvalue weighted by Crippen LogP contribution is 2.25. The third kappa shape index (κ3) is 9.88. The molecule has 7 nitrogen and oxygen atoms in total. The number of nitrogens with one attached hydrogen (secondary N) is 1. The number of nitrogens with zero attached hydrogens (tertiary/aromatic N) is 2. The monoisotopic (exact) mass is 611 g/mol. The molecule has 0 radical (unpaired) electrons. The van der Waals surface area contributed by atoms with Crippen molar-refractivity contribution in [3.8, 4) is 0 Å². The molecule has 0 aliphatic carbocycles. The first kappa shape index (κ1) is 33.1. The molecule has 0 saturated heterocycles. The van der Waals surface area contributed by atoms with Crippen molar-refractivity contribution in [2.24, 2.45) is 0 Å². The minimum Gasteiger partial charge on any atom is -0.350 e. The molecule has 3 aromatic carbocycles. The molecule has 0 spiro atoms. The molecule has 0 heterocycles. The maximum atomic E-state index is 14.0. The Bertz CT molecular complexity index is 1470. The SMILES string of the molecule is Cc1ccc(C)c(N(CCCC(=O)N(Cc2ccc(Cl)cc2)[C@H](Cc2ccccc2)C(=O)NC(C)(C)C)S(C)(=O)=O)c1. The number of aryl methyl sites for hydroxylation is 2. The van der Waals surface area contributed by atoms with Gasteiger partial charge in [-0.2, -0.15) is 0 Å². The zero-order chi connectivity index (χ0) is 31.1. The number of hydrogen-bond acceptors (Lipinski definition) is 4. The smallest absolute Gasteiger partial charge is 0.243 e. The highest BCUT2D eigenvalue weighted by atomic mass is 35.5. The van der Waals surface area contributed by atoms with Crippen LogP contribution in [0.3, 0.4) is 0 Å². The van der Waals surface area contributed by atoms with Crippen LogP contribution in [-0.4, -0.2) is 49.5 Å². The van der Waals surface area contributed by atoms with Crippen molar-refractivity contribution < 1.29 is 18.0 Å². The van der Waals surface area contributed by atoms with E-state index in [1.54, 1.807) is 17.0 Å². The van der Waals surface area contributed by atoms with Gasteiger partial charge in [-0.1, -0.05) is 66.2 Å². The number of rotatable bonds is 12. The van der Waals surface area contributed by atoms with E-state index >= 15 is 0 Å². The van der Waals surface area contributed by atoms with E-state index in [4.69, 9.17) is 11.6 Å². The number of amides is 2. The second kappa shape index (κ2) is 14.2. The second-order valence-electron chi connectivity index (χ2n) is 11.8. The van der Waals surface area contributed by atoms with Crippen molar-refractivity contribution in [3.05, 3.63) is 100 Å². The number of halogens is 1. The van der Waals surface area contributed by atoms with Crippen molar-refractivity contribution in [1.82, 2.24) is 10.2 Å². The van der Waals surface area contributed by atoms with Crippen LogP contribution in [-0.2, 0) is 32.6 Å². The van der Waals surface area contributed by atoms with Gasteiger partial charge in [-0.15, -0.1) is 0 Å². The number of sulfonamides is 1. The van der Waals surface area contributed by atoms with E-state index in [1.807, 2.05) is 95.3 Å². The van der Waals surface area contributed by atoms with Crippen molar-refractivity contribution in [1.29, 1.82) is 0 Å². The van der Waals surface area contributed by atoms with Crippen molar-refractivity contribution in [2.45, 2.75) is 72.0 Å². The fourth-order valence-electron chi connectivity index (χ4n) is 4.76. The third-order valence-corrected chi connectivity index (χ3v) is 8.25. The lowest BCUT2D eigenvalue weighted by Gasteiger charge is -2.34. The van der Waals surface area contributed by atoms with Crippen LogP contribution in [0, 0.1) is 13.8 Å². The molecule has 2 amide bonds. The lowest BCUT2D eigenvalue weighted by Crippen LogP contribution is -2.54. The van der Waals surface area contributed by atoms with Gasteiger partial charge in [0, 0.05) is 36.5 Å². The van der Waals surface area contributed by atoms with Gasteiger partial charge in [-0.25, -0.2) is 8.42 Å². The lowest BCUT2D eigenvalue weighted by molar-refractivity contribution is -0.142. The van der Waals surface area contributed by atoms with Gasteiger partial charge in [-0.05, 0) is 81.5 Å². The summed E-state index contributed by atoms with van der Waals surface area (Å²) in [6.07, 6.45) is 1.87. The summed E-state index contributed by atoms with van der Waals surface area (Å²) >= 11 is 6.11. The number of benzene rings is 3. The second-order valence-corrected chi connectivity index (χ2v) is 14.2. The largest absolute Gasteiger partial charge is 0.350 e. The van der Waals surface area contributed by atoms with E-state index in [-0.39, 0.29) is 37.7 Å². The van der Waals surface area contributed by atoms with Gasteiger partial charge in [0.25, 0.3) is 0 Å². The number of carbonyl (C=O) groups is 2. The highest BCUT2D eigenvalue weighted by Gasteiger charge is 2.32. The quantitative estimate of drug-likeness (QED) is 0.270. The predicted octanol–water partition coefficient (Wildman–Crippen LogP) is 6.06. The summed E-state index contributed by atoms with van der Waals surface area (Å²) in [4.78, 5) is 29.3. The Morgan fingerprint density at radius 1 is 0.929 bits per heavy atom. The number of hydrogen-bond donors (Lipinski definition) is 1. The summed E-state index contributed by atoms with van der Waals surface area (Å²) in [5.41, 5.74) is 3.66. The van der Waals surface area contributed by atoms with Gasteiger partial charge in [0.2, 0.25) is 21.8 Å². The van der Waals surface area contributed by atoms with E-state index in [1.165, 1.54) is 10.6 Å². The standard InChI is InChI=1S/C33H42ClN3O4S/c1-24-14-15-25(2)29(21-24)37(42(6,40)41)20-10-13-31(38)36(23-27-16-18-28(34)19-17-27)30(32(39)35-33(3,4)5)22-26-11-8-7-9-12-26/h7-9,11-12,14-19,21,30H,10,13,20,22-23H2,1-6H3,(H,35,39)/t30-/m1/s1. The summed E-state index contributed by atoms with van der Waals surface area (Å²) in [7, 11) is -3.59. The average molecular weight is 612 g/mol. The molecule has 0 bridgehead atoms. The van der Waals surface area contributed by atoms with Crippen LogP contribution >= 0.6 is 11.6 Å². The van der Waals surface area contributed by atoms with Crippen molar-refractivity contribution in [3.63, 3.8) is 0 Å². The van der Waals surface area contributed by atoms with Crippen LogP contribution in [0.2, 0.25) is 5.02 Å². The van der Waals surface area contributed by atoms with Gasteiger partial charge in [0.15, 0.2) is 0 Å². The zero-order valence-corrected chi connectivity index (χ0v) is 26.9. The first-order valence-corrected chi connectivity index (χ1v) is 16.3. The van der Waals surface area contributed by atoms with Crippen LogP contribution in [0.15, 0.2) is 72.8 Å².